The molecule has 1 N–H and O–H groups in total. The third-order valence-electron chi connectivity index (χ3n) is 1.88. The average molecular weight is 261 g/mol. The minimum atomic E-state index is -1.58. The summed E-state index contributed by atoms with van der Waals surface area (Å²) in [5, 5.41) is 8.70. The molecule has 15 heavy (non-hydrogen) atoms. The maximum absolute atomic E-state index is 8.70. The molecule has 0 aliphatic rings. The number of alkyl halides is 3. The van der Waals surface area contributed by atoms with Gasteiger partial charge in [0.2, 0.25) is 3.79 Å². The van der Waals surface area contributed by atoms with E-state index in [1.807, 2.05) is 6.07 Å². The molecule has 76 valence electrons. The first kappa shape index (κ1) is 10.6. The highest BCUT2D eigenvalue weighted by Gasteiger charge is 2.26. The molecule has 0 atom stereocenters. The number of H-pyrrole nitrogens is 1. The highest BCUT2D eigenvalue weighted by Crippen LogP contribution is 2.37. The Hall–Kier alpha value is -0.950. The number of nitrogens with one attached hydrogen (secondary N) is 1. The smallest absolute Gasteiger partial charge is 0.248 e. The van der Waals surface area contributed by atoms with Crippen LogP contribution in [0.3, 0.4) is 0 Å². The molecule has 6 heteroatoms. The van der Waals surface area contributed by atoms with Crippen LogP contribution in [0.5, 0.6) is 0 Å². The second kappa shape index (κ2) is 3.57. The van der Waals surface area contributed by atoms with Crippen LogP contribution in [0.2, 0.25) is 0 Å². The molecule has 1 aromatic heterocycles. The number of aromatic amines is 1. The molecular weight excluding hydrogens is 256 g/mol. The lowest BCUT2D eigenvalue weighted by atomic mass is 10.2. The second-order valence-corrected chi connectivity index (χ2v) is 5.21. The zero-order chi connectivity index (χ0) is 11.1. The van der Waals surface area contributed by atoms with E-state index in [9.17, 15) is 0 Å². The summed E-state index contributed by atoms with van der Waals surface area (Å²) in [5.41, 5.74) is 1.86. The van der Waals surface area contributed by atoms with Crippen molar-refractivity contribution in [1.82, 2.24) is 9.97 Å². The van der Waals surface area contributed by atoms with Crippen molar-refractivity contribution in [3.05, 3.63) is 29.6 Å². The molecule has 2 rings (SSSR count). The van der Waals surface area contributed by atoms with Crippen molar-refractivity contribution in [2.45, 2.75) is 3.79 Å². The number of nitrogens with zero attached hydrogens (tertiary/aromatic N) is 2. The molecule has 2 aromatic rings. The Bertz CT molecular complexity index is 548. The lowest BCUT2D eigenvalue weighted by Gasteiger charge is -2.04. The van der Waals surface area contributed by atoms with Crippen molar-refractivity contribution >= 4 is 45.8 Å². The summed E-state index contributed by atoms with van der Waals surface area (Å²) in [6, 6.07) is 7.04. The highest BCUT2D eigenvalue weighted by molar-refractivity contribution is 6.66. The molecule has 0 aliphatic carbocycles. The van der Waals surface area contributed by atoms with Crippen LogP contribution in [-0.2, 0) is 3.79 Å². The molecular formula is C9H4Cl3N3. The Morgan fingerprint density at radius 2 is 2.07 bits per heavy atom. The highest BCUT2D eigenvalue weighted by atomic mass is 35.6. The van der Waals surface area contributed by atoms with Gasteiger partial charge >= 0.3 is 0 Å². The number of fused-ring (bicyclic) bond motifs is 1. The zero-order valence-corrected chi connectivity index (χ0v) is 9.53. The number of rotatable bonds is 0. The molecule has 1 heterocycles. The van der Waals surface area contributed by atoms with E-state index in [1.54, 1.807) is 18.2 Å². The molecule has 0 saturated carbocycles. The molecule has 0 unspecified atom stereocenters. The Labute approximate surface area is 101 Å². The number of hydrogen-bond acceptors (Lipinski definition) is 2. The number of imidazole rings is 1. The van der Waals surface area contributed by atoms with Gasteiger partial charge in [-0.05, 0) is 18.2 Å². The first-order chi connectivity index (χ1) is 7.00. The molecule has 0 bridgehead atoms. The van der Waals surface area contributed by atoms with E-state index in [-0.39, 0.29) is 5.82 Å². The quantitative estimate of drug-likeness (QED) is 0.739. The molecule has 0 spiro atoms. The summed E-state index contributed by atoms with van der Waals surface area (Å²) >= 11 is 17.0. The minimum Gasteiger partial charge on any atom is -0.338 e. The normalized spacial score (nSPS) is 11.6. The van der Waals surface area contributed by atoms with Crippen molar-refractivity contribution in [3.63, 3.8) is 0 Å². The number of nitriles is 1. The summed E-state index contributed by atoms with van der Waals surface area (Å²) in [6.07, 6.45) is 0. The zero-order valence-electron chi connectivity index (χ0n) is 7.26. The number of hydrogen-bond donors (Lipinski definition) is 1. The topological polar surface area (TPSA) is 52.5 Å². The SMILES string of the molecule is N#Cc1ccc2[nH]c(C(Cl)(Cl)Cl)nc2c1. The largest absolute Gasteiger partial charge is 0.338 e. The monoisotopic (exact) mass is 259 g/mol. The van der Waals surface area contributed by atoms with Crippen molar-refractivity contribution in [3.8, 4) is 6.07 Å². The van der Waals surface area contributed by atoms with Gasteiger partial charge < -0.3 is 4.98 Å². The predicted molar refractivity (Wildman–Crippen MR) is 60.0 cm³/mol. The van der Waals surface area contributed by atoms with E-state index >= 15 is 0 Å². The van der Waals surface area contributed by atoms with Gasteiger partial charge in [-0.2, -0.15) is 5.26 Å². The van der Waals surface area contributed by atoms with Crippen LogP contribution in [-0.4, -0.2) is 9.97 Å². The molecule has 0 aliphatic heterocycles. The summed E-state index contributed by atoms with van der Waals surface area (Å²) in [5.74, 6) is 0.248. The summed E-state index contributed by atoms with van der Waals surface area (Å²) < 4.78 is -1.58. The number of halogens is 3. The van der Waals surface area contributed by atoms with Crippen molar-refractivity contribution in [2.75, 3.05) is 0 Å². The van der Waals surface area contributed by atoms with Crippen molar-refractivity contribution in [1.29, 1.82) is 5.26 Å². The third-order valence-corrected chi connectivity index (χ3v) is 2.42. The number of benzene rings is 1. The van der Waals surface area contributed by atoms with Crippen molar-refractivity contribution in [2.24, 2.45) is 0 Å². The Morgan fingerprint density at radius 1 is 1.33 bits per heavy atom. The van der Waals surface area contributed by atoms with Crippen LogP contribution in [0.25, 0.3) is 11.0 Å². The average Bonchev–Trinajstić information content (AvgIpc) is 2.59. The van der Waals surface area contributed by atoms with Gasteiger partial charge in [-0.3, -0.25) is 0 Å². The van der Waals surface area contributed by atoms with Gasteiger partial charge in [0, 0.05) is 0 Å². The standard InChI is InChI=1S/C9H4Cl3N3/c10-9(11,12)8-14-6-2-1-5(4-13)3-7(6)15-8/h1-3H,(H,14,15). The predicted octanol–water partition coefficient (Wildman–Crippen LogP) is 3.26. The first-order valence-electron chi connectivity index (χ1n) is 3.98. The molecule has 0 amide bonds. The van der Waals surface area contributed by atoms with Crippen LogP contribution < -0.4 is 0 Å². The molecule has 0 radical (unpaired) electrons. The van der Waals surface area contributed by atoms with E-state index in [4.69, 9.17) is 40.1 Å². The summed E-state index contributed by atoms with van der Waals surface area (Å²) in [6.45, 7) is 0. The Kier molecular flexibility index (Phi) is 2.51. The lowest BCUT2D eigenvalue weighted by Crippen LogP contribution is -2.01. The van der Waals surface area contributed by atoms with E-state index < -0.39 is 3.79 Å². The van der Waals surface area contributed by atoms with E-state index in [2.05, 4.69) is 9.97 Å². The fourth-order valence-electron chi connectivity index (χ4n) is 1.21. The lowest BCUT2D eigenvalue weighted by molar-refractivity contribution is 1.05. The van der Waals surface area contributed by atoms with Crippen LogP contribution >= 0.6 is 34.8 Å². The minimum absolute atomic E-state index is 0.248. The van der Waals surface area contributed by atoms with Gasteiger partial charge in [0.05, 0.1) is 22.7 Å². The Morgan fingerprint density at radius 3 is 2.67 bits per heavy atom. The molecule has 1 aromatic carbocycles. The fourth-order valence-corrected chi connectivity index (χ4v) is 1.48. The van der Waals surface area contributed by atoms with Gasteiger partial charge in [0.25, 0.3) is 0 Å². The van der Waals surface area contributed by atoms with Gasteiger partial charge in [0.15, 0.2) is 5.82 Å². The van der Waals surface area contributed by atoms with Crippen LogP contribution in [0, 0.1) is 11.3 Å². The van der Waals surface area contributed by atoms with Crippen LogP contribution in [0.1, 0.15) is 11.4 Å². The van der Waals surface area contributed by atoms with E-state index in [0.29, 0.717) is 11.1 Å². The van der Waals surface area contributed by atoms with Crippen LogP contribution in [0.4, 0.5) is 0 Å². The van der Waals surface area contributed by atoms with Crippen LogP contribution in [0.15, 0.2) is 18.2 Å². The summed E-state index contributed by atoms with van der Waals surface area (Å²) in [7, 11) is 0. The van der Waals surface area contributed by atoms with Gasteiger partial charge in [0.1, 0.15) is 0 Å². The number of aromatic nitrogens is 2. The maximum Gasteiger partial charge on any atom is 0.248 e. The molecule has 0 fully saturated rings. The third kappa shape index (κ3) is 2.03. The van der Waals surface area contributed by atoms with Gasteiger partial charge in [-0.15, -0.1) is 0 Å². The molecule has 0 saturated heterocycles. The first-order valence-corrected chi connectivity index (χ1v) is 5.11. The summed E-state index contributed by atoms with van der Waals surface area (Å²) in [4.78, 5) is 6.96. The van der Waals surface area contributed by atoms with Gasteiger partial charge in [-0.25, -0.2) is 4.98 Å². The van der Waals surface area contributed by atoms with Gasteiger partial charge in [-0.1, -0.05) is 34.8 Å². The van der Waals surface area contributed by atoms with Crippen molar-refractivity contribution < 1.29 is 0 Å². The van der Waals surface area contributed by atoms with E-state index in [0.717, 1.165) is 5.52 Å². The maximum atomic E-state index is 8.70. The molecule has 3 nitrogen and oxygen atoms in total. The second-order valence-electron chi connectivity index (χ2n) is 2.93. The fraction of sp³-hybridized carbons (Fsp3) is 0.111. The van der Waals surface area contributed by atoms with E-state index in [1.165, 1.54) is 0 Å². The Balaban J connectivity index is 2.62.